The number of phenolic OH excluding ortho intramolecular Hbond substituents is 1. The maximum absolute atomic E-state index is 11.2. The second kappa shape index (κ2) is 6.91. The molecule has 0 amide bonds. The van der Waals surface area contributed by atoms with Gasteiger partial charge in [0.2, 0.25) is 0 Å². The zero-order valence-electron chi connectivity index (χ0n) is 13.1. The van der Waals surface area contributed by atoms with Gasteiger partial charge in [0.1, 0.15) is 0 Å². The van der Waals surface area contributed by atoms with Crippen molar-refractivity contribution in [2.45, 2.75) is 19.8 Å². The van der Waals surface area contributed by atoms with Crippen LogP contribution in [0.25, 0.3) is 12.2 Å². The first kappa shape index (κ1) is 16.5. The van der Waals surface area contributed by atoms with Crippen molar-refractivity contribution in [2.75, 3.05) is 7.11 Å². The van der Waals surface area contributed by atoms with Crippen LogP contribution in [0.1, 0.15) is 47.2 Å². The standard InChI is InChI=1S/C17H18N2O4/c1-10(2)16-12(17(21)22)9-18-15(19-16)7-5-11-4-6-14(23-3)13(20)8-11/h4-10,20H,1-3H3,(H,21,22)/b7-5+. The maximum Gasteiger partial charge on any atom is 0.339 e. The molecule has 1 aromatic carbocycles. The Balaban J connectivity index is 2.31. The molecule has 6 nitrogen and oxygen atoms in total. The van der Waals surface area contributed by atoms with Crippen LogP contribution in [0.4, 0.5) is 0 Å². The first-order valence-corrected chi connectivity index (χ1v) is 7.07. The van der Waals surface area contributed by atoms with Crippen LogP contribution in [0.5, 0.6) is 11.5 Å². The van der Waals surface area contributed by atoms with Gasteiger partial charge in [0.05, 0.1) is 18.4 Å². The predicted molar refractivity (Wildman–Crippen MR) is 86.7 cm³/mol. The fourth-order valence-corrected chi connectivity index (χ4v) is 2.08. The Hall–Kier alpha value is -2.89. The quantitative estimate of drug-likeness (QED) is 0.880. The summed E-state index contributed by atoms with van der Waals surface area (Å²) in [5, 5.41) is 18.9. The van der Waals surface area contributed by atoms with Gasteiger partial charge in [-0.15, -0.1) is 0 Å². The van der Waals surface area contributed by atoms with Crippen LogP contribution in [0.15, 0.2) is 24.4 Å². The summed E-state index contributed by atoms with van der Waals surface area (Å²) in [4.78, 5) is 19.5. The lowest BCUT2D eigenvalue weighted by atomic mass is 10.1. The van der Waals surface area contributed by atoms with Crippen LogP contribution in [0.2, 0.25) is 0 Å². The molecule has 0 fully saturated rings. The topological polar surface area (TPSA) is 92.5 Å². The van der Waals surface area contributed by atoms with Crippen molar-refractivity contribution >= 4 is 18.1 Å². The van der Waals surface area contributed by atoms with Crippen molar-refractivity contribution in [1.82, 2.24) is 9.97 Å². The summed E-state index contributed by atoms with van der Waals surface area (Å²) in [6.07, 6.45) is 4.72. The van der Waals surface area contributed by atoms with Gasteiger partial charge in [0, 0.05) is 6.20 Å². The average molecular weight is 314 g/mol. The minimum Gasteiger partial charge on any atom is -0.504 e. The lowest BCUT2D eigenvalue weighted by Crippen LogP contribution is -2.08. The molecule has 0 aliphatic carbocycles. The van der Waals surface area contributed by atoms with E-state index in [4.69, 9.17) is 9.84 Å². The van der Waals surface area contributed by atoms with Crippen molar-refractivity contribution in [2.24, 2.45) is 0 Å². The van der Waals surface area contributed by atoms with Crippen LogP contribution in [0, 0.1) is 0 Å². The Kier molecular flexibility index (Phi) is 4.95. The van der Waals surface area contributed by atoms with E-state index in [1.165, 1.54) is 13.3 Å². The summed E-state index contributed by atoms with van der Waals surface area (Å²) in [6.45, 7) is 3.76. The highest BCUT2D eigenvalue weighted by Gasteiger charge is 2.15. The van der Waals surface area contributed by atoms with Gasteiger partial charge in [-0.05, 0) is 29.7 Å². The highest BCUT2D eigenvalue weighted by Crippen LogP contribution is 2.27. The fourth-order valence-electron chi connectivity index (χ4n) is 2.08. The highest BCUT2D eigenvalue weighted by atomic mass is 16.5. The zero-order chi connectivity index (χ0) is 17.0. The molecule has 2 aromatic rings. The molecule has 0 saturated carbocycles. The normalized spacial score (nSPS) is 11.1. The van der Waals surface area contributed by atoms with Gasteiger partial charge in [-0.25, -0.2) is 14.8 Å². The summed E-state index contributed by atoms with van der Waals surface area (Å²) in [5.74, 6) is -0.217. The summed E-state index contributed by atoms with van der Waals surface area (Å²) in [6, 6.07) is 5.00. The third-order valence-corrected chi connectivity index (χ3v) is 3.24. The van der Waals surface area contributed by atoms with Crippen molar-refractivity contribution in [3.05, 3.63) is 47.0 Å². The molecule has 0 spiro atoms. The van der Waals surface area contributed by atoms with Crippen LogP contribution in [0.3, 0.4) is 0 Å². The van der Waals surface area contributed by atoms with Crippen LogP contribution in [-0.4, -0.2) is 33.3 Å². The number of aromatic hydroxyl groups is 1. The van der Waals surface area contributed by atoms with Gasteiger partial charge >= 0.3 is 5.97 Å². The van der Waals surface area contributed by atoms with Gasteiger partial charge in [-0.3, -0.25) is 0 Å². The minimum absolute atomic E-state index is 0.0266. The Morgan fingerprint density at radius 3 is 2.61 bits per heavy atom. The van der Waals surface area contributed by atoms with Gasteiger partial charge < -0.3 is 14.9 Å². The molecule has 6 heteroatoms. The molecular formula is C17H18N2O4. The van der Waals surface area contributed by atoms with E-state index in [9.17, 15) is 9.90 Å². The minimum atomic E-state index is -1.04. The number of nitrogens with zero attached hydrogens (tertiary/aromatic N) is 2. The molecule has 0 unspecified atom stereocenters. The number of hydrogen-bond donors (Lipinski definition) is 2. The second-order valence-corrected chi connectivity index (χ2v) is 5.25. The summed E-state index contributed by atoms with van der Waals surface area (Å²) in [7, 11) is 1.48. The molecule has 2 N–H and O–H groups in total. The number of benzene rings is 1. The summed E-state index contributed by atoms with van der Waals surface area (Å²) < 4.78 is 4.99. The van der Waals surface area contributed by atoms with E-state index >= 15 is 0 Å². The molecule has 1 aromatic heterocycles. The number of methoxy groups -OCH3 is 1. The van der Waals surface area contributed by atoms with Crippen molar-refractivity contribution < 1.29 is 19.7 Å². The van der Waals surface area contributed by atoms with Crippen molar-refractivity contribution in [3.63, 3.8) is 0 Å². The first-order chi connectivity index (χ1) is 10.9. The van der Waals surface area contributed by atoms with Crippen LogP contribution >= 0.6 is 0 Å². The second-order valence-electron chi connectivity index (χ2n) is 5.25. The van der Waals surface area contributed by atoms with E-state index in [1.54, 1.807) is 30.4 Å². The molecule has 2 rings (SSSR count). The Morgan fingerprint density at radius 2 is 2.04 bits per heavy atom. The molecule has 0 bridgehead atoms. The highest BCUT2D eigenvalue weighted by molar-refractivity contribution is 5.88. The average Bonchev–Trinajstić information content (AvgIpc) is 2.52. The van der Waals surface area contributed by atoms with E-state index < -0.39 is 5.97 Å². The van der Waals surface area contributed by atoms with E-state index in [0.29, 0.717) is 17.3 Å². The summed E-state index contributed by atoms with van der Waals surface area (Å²) >= 11 is 0. The monoisotopic (exact) mass is 314 g/mol. The smallest absolute Gasteiger partial charge is 0.339 e. The third-order valence-electron chi connectivity index (χ3n) is 3.24. The largest absolute Gasteiger partial charge is 0.504 e. The molecule has 1 heterocycles. The van der Waals surface area contributed by atoms with Gasteiger partial charge in [0.15, 0.2) is 17.3 Å². The molecule has 0 atom stereocenters. The third kappa shape index (κ3) is 3.85. The number of aromatic carboxylic acids is 1. The number of carboxylic acid groups (broad SMARTS) is 1. The number of carbonyl (C=O) groups is 1. The van der Waals surface area contributed by atoms with E-state index in [0.717, 1.165) is 5.56 Å². The Labute approximate surface area is 134 Å². The first-order valence-electron chi connectivity index (χ1n) is 7.07. The zero-order valence-corrected chi connectivity index (χ0v) is 13.1. The summed E-state index contributed by atoms with van der Waals surface area (Å²) in [5.41, 5.74) is 1.35. The van der Waals surface area contributed by atoms with Crippen molar-refractivity contribution in [3.8, 4) is 11.5 Å². The maximum atomic E-state index is 11.2. The fraction of sp³-hybridized carbons (Fsp3) is 0.235. The van der Waals surface area contributed by atoms with Crippen LogP contribution < -0.4 is 4.74 Å². The molecule has 0 saturated heterocycles. The van der Waals surface area contributed by atoms with E-state index in [2.05, 4.69) is 9.97 Å². The SMILES string of the molecule is COc1ccc(/C=C/c2ncc(C(=O)O)c(C(C)C)n2)cc1O. The number of aromatic nitrogens is 2. The molecule has 120 valence electrons. The Bertz CT molecular complexity index is 754. The van der Waals surface area contributed by atoms with E-state index in [1.807, 2.05) is 13.8 Å². The molecule has 23 heavy (non-hydrogen) atoms. The van der Waals surface area contributed by atoms with Crippen molar-refractivity contribution in [1.29, 1.82) is 0 Å². The molecule has 0 radical (unpaired) electrons. The number of carboxylic acids is 1. The Morgan fingerprint density at radius 1 is 1.30 bits per heavy atom. The van der Waals surface area contributed by atoms with E-state index in [-0.39, 0.29) is 17.2 Å². The molecular weight excluding hydrogens is 296 g/mol. The number of phenols is 1. The van der Waals surface area contributed by atoms with Crippen LogP contribution in [-0.2, 0) is 0 Å². The number of rotatable bonds is 5. The van der Waals surface area contributed by atoms with Gasteiger partial charge in [0.25, 0.3) is 0 Å². The molecule has 0 aliphatic heterocycles. The number of hydrogen-bond acceptors (Lipinski definition) is 5. The lowest BCUT2D eigenvalue weighted by molar-refractivity contribution is 0.0694. The number of ether oxygens (including phenoxy) is 1. The molecule has 0 aliphatic rings. The lowest BCUT2D eigenvalue weighted by Gasteiger charge is -2.08. The van der Waals surface area contributed by atoms with Gasteiger partial charge in [-0.1, -0.05) is 26.0 Å². The van der Waals surface area contributed by atoms with Gasteiger partial charge in [-0.2, -0.15) is 0 Å². The predicted octanol–water partition coefficient (Wildman–Crippen LogP) is 3.18.